The molecule has 0 fully saturated rings. The van der Waals surface area contributed by atoms with Crippen molar-refractivity contribution in [1.82, 2.24) is 0 Å². The third-order valence-electron chi connectivity index (χ3n) is 2.94. The fourth-order valence-electron chi connectivity index (χ4n) is 1.88. The molecular weight excluding hydrogens is 318 g/mol. The summed E-state index contributed by atoms with van der Waals surface area (Å²) in [7, 11) is 0. The summed E-state index contributed by atoms with van der Waals surface area (Å²) in [5.74, 6) is -0.562. The molecule has 0 aliphatic heterocycles. The minimum atomic E-state index is -0.414. The molecule has 0 spiro atoms. The van der Waals surface area contributed by atoms with Gasteiger partial charge in [-0.3, -0.25) is 4.79 Å². The van der Waals surface area contributed by atoms with Crippen LogP contribution in [-0.4, -0.2) is 24.7 Å². The van der Waals surface area contributed by atoms with Crippen molar-refractivity contribution in [3.05, 3.63) is 46.8 Å². The van der Waals surface area contributed by atoms with Crippen molar-refractivity contribution >= 4 is 40.0 Å². The average Bonchev–Trinajstić information content (AvgIpc) is 2.96. The average molecular weight is 335 g/mol. The van der Waals surface area contributed by atoms with E-state index in [1.54, 1.807) is 30.1 Å². The van der Waals surface area contributed by atoms with Crippen molar-refractivity contribution in [2.24, 2.45) is 0 Å². The predicted octanol–water partition coefficient (Wildman–Crippen LogP) is 3.83. The van der Waals surface area contributed by atoms with Gasteiger partial charge in [0.25, 0.3) is 0 Å². The number of anilines is 1. The van der Waals surface area contributed by atoms with Crippen molar-refractivity contribution in [2.75, 3.05) is 18.2 Å². The number of hydrogen-bond donors (Lipinski definition) is 1. The monoisotopic (exact) mass is 335 g/mol. The third kappa shape index (κ3) is 4.35. The van der Waals surface area contributed by atoms with Gasteiger partial charge >= 0.3 is 5.97 Å². The molecule has 6 heteroatoms. The Hall–Kier alpha value is -1.79. The Morgan fingerprint density at radius 3 is 2.59 bits per heavy atom. The fourth-order valence-corrected chi connectivity index (χ4v) is 3.07. The summed E-state index contributed by atoms with van der Waals surface area (Å²) in [5.41, 5.74) is 1.34. The molecule has 1 amide bonds. The maximum absolute atomic E-state index is 12.1. The van der Waals surface area contributed by atoms with Crippen molar-refractivity contribution in [3.8, 4) is 0 Å². The van der Waals surface area contributed by atoms with Crippen LogP contribution in [0.4, 0.5) is 5.00 Å². The first-order valence-corrected chi connectivity index (χ1v) is 8.92. The number of thioether (sulfide) groups is 1. The second-order valence-corrected chi connectivity index (χ2v) is 6.25. The molecule has 1 aromatic heterocycles. The number of esters is 1. The van der Waals surface area contributed by atoms with Crippen LogP contribution in [0, 0.1) is 0 Å². The Morgan fingerprint density at radius 1 is 1.23 bits per heavy atom. The van der Waals surface area contributed by atoms with E-state index in [2.05, 4.69) is 5.32 Å². The number of nitrogens with one attached hydrogen (secondary N) is 1. The molecular formula is C16H17NO3S2. The molecule has 2 rings (SSSR count). The molecule has 2 aromatic rings. The molecule has 0 saturated carbocycles. The molecule has 116 valence electrons. The summed E-state index contributed by atoms with van der Waals surface area (Å²) < 4.78 is 4.97. The molecule has 0 unspecified atom stereocenters. The lowest BCUT2D eigenvalue weighted by Crippen LogP contribution is -2.16. The van der Waals surface area contributed by atoms with Gasteiger partial charge < -0.3 is 10.1 Å². The summed E-state index contributed by atoms with van der Waals surface area (Å²) in [6.45, 7) is 2.06. The Bertz CT molecular complexity index is 650. The van der Waals surface area contributed by atoms with E-state index >= 15 is 0 Å². The van der Waals surface area contributed by atoms with Crippen LogP contribution in [0.1, 0.15) is 22.8 Å². The van der Waals surface area contributed by atoms with Gasteiger partial charge in [-0.25, -0.2) is 4.79 Å². The number of thiophene rings is 1. The summed E-state index contributed by atoms with van der Waals surface area (Å²) >= 11 is 2.97. The topological polar surface area (TPSA) is 55.4 Å². The smallest absolute Gasteiger partial charge is 0.341 e. The van der Waals surface area contributed by atoms with Crippen molar-refractivity contribution in [3.63, 3.8) is 0 Å². The molecule has 0 saturated heterocycles. The van der Waals surface area contributed by atoms with Crippen LogP contribution < -0.4 is 5.32 Å². The van der Waals surface area contributed by atoms with E-state index in [1.807, 2.05) is 30.5 Å². The number of amides is 1. The van der Waals surface area contributed by atoms with Crippen molar-refractivity contribution < 1.29 is 14.3 Å². The molecule has 1 heterocycles. The highest BCUT2D eigenvalue weighted by atomic mass is 32.2. The SMILES string of the molecule is CCOC(=O)c1ccsc1NC(=O)Cc1ccc(SC)cc1. The van der Waals surface area contributed by atoms with E-state index in [0.29, 0.717) is 17.2 Å². The predicted molar refractivity (Wildman–Crippen MR) is 90.8 cm³/mol. The van der Waals surface area contributed by atoms with Crippen LogP contribution in [0.25, 0.3) is 0 Å². The number of benzene rings is 1. The first-order chi connectivity index (χ1) is 10.6. The lowest BCUT2D eigenvalue weighted by atomic mass is 10.1. The first kappa shape index (κ1) is 16.6. The normalized spacial score (nSPS) is 10.3. The molecule has 4 nitrogen and oxygen atoms in total. The van der Waals surface area contributed by atoms with E-state index in [-0.39, 0.29) is 12.3 Å². The van der Waals surface area contributed by atoms with Crippen LogP contribution in [0.15, 0.2) is 40.6 Å². The van der Waals surface area contributed by atoms with Gasteiger partial charge in [-0.1, -0.05) is 12.1 Å². The standard InChI is InChI=1S/C16H17NO3S2/c1-3-20-16(19)13-8-9-22-15(13)17-14(18)10-11-4-6-12(21-2)7-5-11/h4-9H,3,10H2,1-2H3,(H,17,18). The Labute approximate surface area is 137 Å². The minimum Gasteiger partial charge on any atom is -0.462 e. The molecule has 1 aromatic carbocycles. The van der Waals surface area contributed by atoms with E-state index in [0.717, 1.165) is 10.5 Å². The fraction of sp³-hybridized carbons (Fsp3) is 0.250. The van der Waals surface area contributed by atoms with Crippen LogP contribution in [0.2, 0.25) is 0 Å². The zero-order valence-electron chi connectivity index (χ0n) is 12.4. The lowest BCUT2D eigenvalue weighted by molar-refractivity contribution is -0.115. The van der Waals surface area contributed by atoms with E-state index in [9.17, 15) is 9.59 Å². The van der Waals surface area contributed by atoms with Crippen molar-refractivity contribution in [2.45, 2.75) is 18.2 Å². The van der Waals surface area contributed by atoms with E-state index in [4.69, 9.17) is 4.74 Å². The molecule has 0 aliphatic carbocycles. The molecule has 0 aliphatic rings. The molecule has 0 radical (unpaired) electrons. The number of carbonyl (C=O) groups excluding carboxylic acids is 2. The summed E-state index contributed by atoms with van der Waals surface area (Å²) in [5, 5.41) is 5.07. The lowest BCUT2D eigenvalue weighted by Gasteiger charge is -2.06. The molecule has 22 heavy (non-hydrogen) atoms. The van der Waals surface area contributed by atoms with Crippen LogP contribution in [0.5, 0.6) is 0 Å². The van der Waals surface area contributed by atoms with Gasteiger partial charge in [-0.15, -0.1) is 23.1 Å². The van der Waals surface area contributed by atoms with Crippen LogP contribution >= 0.6 is 23.1 Å². The van der Waals surface area contributed by atoms with Gasteiger partial charge in [0.05, 0.1) is 18.6 Å². The zero-order chi connectivity index (χ0) is 15.9. The number of ether oxygens (including phenoxy) is 1. The highest BCUT2D eigenvalue weighted by Crippen LogP contribution is 2.24. The van der Waals surface area contributed by atoms with Gasteiger partial charge in [0.15, 0.2) is 0 Å². The highest BCUT2D eigenvalue weighted by molar-refractivity contribution is 7.98. The van der Waals surface area contributed by atoms with Gasteiger partial charge in [0.1, 0.15) is 5.00 Å². The largest absolute Gasteiger partial charge is 0.462 e. The molecule has 0 bridgehead atoms. The maximum atomic E-state index is 12.1. The second kappa shape index (κ2) is 8.00. The van der Waals surface area contributed by atoms with Gasteiger partial charge in [0.2, 0.25) is 5.91 Å². The van der Waals surface area contributed by atoms with Gasteiger partial charge in [-0.05, 0) is 42.3 Å². The minimum absolute atomic E-state index is 0.148. The summed E-state index contributed by atoms with van der Waals surface area (Å²) in [4.78, 5) is 25.0. The number of rotatable bonds is 6. The van der Waals surface area contributed by atoms with Gasteiger partial charge in [0, 0.05) is 4.90 Å². The number of carbonyl (C=O) groups is 2. The van der Waals surface area contributed by atoms with E-state index < -0.39 is 5.97 Å². The third-order valence-corrected chi connectivity index (χ3v) is 4.51. The van der Waals surface area contributed by atoms with Crippen LogP contribution in [0.3, 0.4) is 0 Å². The van der Waals surface area contributed by atoms with Gasteiger partial charge in [-0.2, -0.15) is 0 Å². The first-order valence-electron chi connectivity index (χ1n) is 6.81. The molecule has 0 atom stereocenters. The van der Waals surface area contributed by atoms with Crippen molar-refractivity contribution in [1.29, 1.82) is 0 Å². The second-order valence-electron chi connectivity index (χ2n) is 4.46. The molecule has 1 N–H and O–H groups in total. The summed E-state index contributed by atoms with van der Waals surface area (Å²) in [6, 6.07) is 9.51. The zero-order valence-corrected chi connectivity index (χ0v) is 14.1. The number of hydrogen-bond acceptors (Lipinski definition) is 5. The van der Waals surface area contributed by atoms with Crippen LogP contribution in [-0.2, 0) is 16.0 Å². The Kier molecular flexibility index (Phi) is 6.03. The quantitative estimate of drug-likeness (QED) is 0.644. The maximum Gasteiger partial charge on any atom is 0.341 e. The highest BCUT2D eigenvalue weighted by Gasteiger charge is 2.16. The Balaban J connectivity index is 2.00. The van der Waals surface area contributed by atoms with E-state index in [1.165, 1.54) is 11.3 Å². The summed E-state index contributed by atoms with van der Waals surface area (Å²) in [6.07, 6.45) is 2.28. The Morgan fingerprint density at radius 2 is 1.95 bits per heavy atom.